The summed E-state index contributed by atoms with van der Waals surface area (Å²) in [7, 11) is -3.85. The molecule has 2 rings (SSSR count). The lowest BCUT2D eigenvalue weighted by atomic mass is 10.1. The smallest absolute Gasteiger partial charge is 0.240 e. The number of anilines is 1. The maximum absolute atomic E-state index is 11.3. The molecule has 6 nitrogen and oxygen atoms in total. The summed E-state index contributed by atoms with van der Waals surface area (Å²) in [6, 6.07) is 11.4. The Labute approximate surface area is 123 Å². The molecular formula is C14H16N2O4S. The zero-order valence-corrected chi connectivity index (χ0v) is 12.0. The van der Waals surface area contributed by atoms with Crippen LogP contribution in [0, 0.1) is 0 Å². The first-order valence-electron chi connectivity index (χ1n) is 6.21. The van der Waals surface area contributed by atoms with E-state index in [-0.39, 0.29) is 17.2 Å². The first-order chi connectivity index (χ1) is 9.91. The van der Waals surface area contributed by atoms with E-state index in [9.17, 15) is 8.42 Å². The summed E-state index contributed by atoms with van der Waals surface area (Å²) in [4.78, 5) is -0.140. The lowest BCUT2D eigenvalue weighted by Gasteiger charge is -2.12. The molecule has 0 bridgehead atoms. The van der Waals surface area contributed by atoms with Crippen LogP contribution in [0.5, 0.6) is 11.5 Å². The second-order valence-electron chi connectivity index (χ2n) is 4.43. The van der Waals surface area contributed by atoms with Crippen LogP contribution in [0.3, 0.4) is 0 Å². The summed E-state index contributed by atoms with van der Waals surface area (Å²) < 4.78 is 28.3. The fourth-order valence-electron chi connectivity index (χ4n) is 1.91. The van der Waals surface area contributed by atoms with E-state index in [0.29, 0.717) is 17.9 Å². The summed E-state index contributed by atoms with van der Waals surface area (Å²) in [5.41, 5.74) is 6.54. The van der Waals surface area contributed by atoms with Crippen LogP contribution in [-0.2, 0) is 16.4 Å². The third-order valence-electron chi connectivity index (χ3n) is 2.87. The number of hydrogen-bond acceptors (Lipinski definition) is 5. The number of benzene rings is 2. The number of rotatable bonds is 5. The van der Waals surface area contributed by atoms with Crippen LogP contribution in [0.4, 0.5) is 5.69 Å². The predicted octanol–water partition coefficient (Wildman–Crippen LogP) is 1.24. The summed E-state index contributed by atoms with van der Waals surface area (Å²) >= 11 is 0. The van der Waals surface area contributed by atoms with Crippen molar-refractivity contribution >= 4 is 15.7 Å². The molecule has 0 unspecified atom stereocenters. The van der Waals surface area contributed by atoms with Gasteiger partial charge in [-0.1, -0.05) is 18.2 Å². The van der Waals surface area contributed by atoms with Crippen molar-refractivity contribution in [1.82, 2.24) is 0 Å². The molecule has 0 aliphatic heterocycles. The van der Waals surface area contributed by atoms with E-state index in [0.717, 1.165) is 5.56 Å². The van der Waals surface area contributed by atoms with Crippen LogP contribution < -0.4 is 15.6 Å². The number of aliphatic hydroxyl groups is 1. The van der Waals surface area contributed by atoms with Crippen molar-refractivity contribution in [3.05, 3.63) is 48.0 Å². The zero-order valence-electron chi connectivity index (χ0n) is 11.2. The predicted molar refractivity (Wildman–Crippen MR) is 79.5 cm³/mol. The number of nitrogens with two attached hydrogens (primary N) is 2. The number of primary sulfonamides is 1. The Kier molecular flexibility index (Phi) is 4.46. The highest BCUT2D eigenvalue weighted by molar-refractivity contribution is 7.89. The van der Waals surface area contributed by atoms with Crippen LogP contribution in [0.1, 0.15) is 5.56 Å². The van der Waals surface area contributed by atoms with E-state index >= 15 is 0 Å². The van der Waals surface area contributed by atoms with Gasteiger partial charge in [-0.3, -0.25) is 0 Å². The number of ether oxygens (including phenoxy) is 1. The number of nitrogen functional groups attached to an aromatic ring is 1. The van der Waals surface area contributed by atoms with E-state index in [1.54, 1.807) is 12.1 Å². The largest absolute Gasteiger partial charge is 0.457 e. The summed E-state index contributed by atoms with van der Waals surface area (Å²) in [5, 5.41) is 14.1. The molecule has 2 aromatic carbocycles. The third-order valence-corrected chi connectivity index (χ3v) is 3.85. The topological polar surface area (TPSA) is 116 Å². The molecule has 0 fully saturated rings. The van der Waals surface area contributed by atoms with Gasteiger partial charge in [-0.2, -0.15) is 0 Å². The van der Waals surface area contributed by atoms with Crippen LogP contribution in [0.15, 0.2) is 47.4 Å². The van der Waals surface area contributed by atoms with Gasteiger partial charge in [0, 0.05) is 12.7 Å². The molecule has 0 saturated carbocycles. The Morgan fingerprint density at radius 2 is 1.86 bits per heavy atom. The van der Waals surface area contributed by atoms with Crippen molar-refractivity contribution in [2.24, 2.45) is 5.14 Å². The fourth-order valence-corrected chi connectivity index (χ4v) is 2.55. The molecule has 7 heteroatoms. The second kappa shape index (κ2) is 6.13. The quantitative estimate of drug-likeness (QED) is 0.719. The van der Waals surface area contributed by atoms with E-state index in [4.69, 9.17) is 20.7 Å². The molecule has 0 spiro atoms. The summed E-state index contributed by atoms with van der Waals surface area (Å²) in [6.07, 6.45) is 0.459. The van der Waals surface area contributed by atoms with E-state index in [1.807, 2.05) is 12.1 Å². The monoisotopic (exact) mass is 308 g/mol. The van der Waals surface area contributed by atoms with Crippen molar-refractivity contribution < 1.29 is 18.3 Å². The fraction of sp³-hybridized carbons (Fsp3) is 0.143. The number of aliphatic hydroxyl groups excluding tert-OH is 1. The summed E-state index contributed by atoms with van der Waals surface area (Å²) in [5.74, 6) is 0.972. The highest BCUT2D eigenvalue weighted by atomic mass is 32.2. The van der Waals surface area contributed by atoms with Crippen molar-refractivity contribution in [2.45, 2.75) is 11.3 Å². The molecule has 2 aromatic rings. The van der Waals surface area contributed by atoms with Crippen LogP contribution >= 0.6 is 0 Å². The van der Waals surface area contributed by atoms with E-state index < -0.39 is 10.0 Å². The third kappa shape index (κ3) is 3.72. The lowest BCUT2D eigenvalue weighted by Crippen LogP contribution is -2.14. The Hall–Kier alpha value is -2.09. The van der Waals surface area contributed by atoms with Gasteiger partial charge in [0.05, 0.1) is 5.69 Å². The van der Waals surface area contributed by atoms with Gasteiger partial charge in [0.1, 0.15) is 16.4 Å². The molecule has 0 aromatic heterocycles. The minimum absolute atomic E-state index is 0.00681. The average molecular weight is 308 g/mol. The zero-order chi connectivity index (χ0) is 15.5. The normalized spacial score (nSPS) is 11.3. The Morgan fingerprint density at radius 1 is 1.14 bits per heavy atom. The molecule has 0 amide bonds. The molecule has 0 aliphatic rings. The molecule has 0 saturated heterocycles. The van der Waals surface area contributed by atoms with Gasteiger partial charge >= 0.3 is 0 Å². The van der Waals surface area contributed by atoms with Crippen molar-refractivity contribution in [1.29, 1.82) is 0 Å². The molecule has 21 heavy (non-hydrogen) atoms. The molecular weight excluding hydrogens is 292 g/mol. The first-order valence-corrected chi connectivity index (χ1v) is 7.75. The highest BCUT2D eigenvalue weighted by Gasteiger charge is 2.13. The molecule has 112 valence electrons. The Bertz CT molecular complexity index is 744. The maximum Gasteiger partial charge on any atom is 0.240 e. The Morgan fingerprint density at radius 3 is 2.48 bits per heavy atom. The van der Waals surface area contributed by atoms with Crippen LogP contribution in [-0.4, -0.2) is 20.1 Å². The number of sulfonamides is 1. The minimum atomic E-state index is -3.85. The maximum atomic E-state index is 11.3. The van der Waals surface area contributed by atoms with Crippen molar-refractivity contribution in [3.63, 3.8) is 0 Å². The standard InChI is InChI=1S/C14H16N2O4S/c15-12-9-11(5-6-14(12)21(16,18)19)20-13-4-2-1-3-10(13)7-8-17/h1-6,9,17H,7-8,15H2,(H2,16,18,19). The SMILES string of the molecule is Nc1cc(Oc2ccccc2CCO)ccc1S(N)(=O)=O. The molecule has 0 aliphatic carbocycles. The lowest BCUT2D eigenvalue weighted by molar-refractivity contribution is 0.298. The molecule has 5 N–H and O–H groups in total. The second-order valence-corrected chi connectivity index (χ2v) is 5.96. The van der Waals surface area contributed by atoms with Gasteiger partial charge in [0.2, 0.25) is 10.0 Å². The average Bonchev–Trinajstić information content (AvgIpc) is 2.40. The molecule has 0 heterocycles. The van der Waals surface area contributed by atoms with Crippen LogP contribution in [0.2, 0.25) is 0 Å². The van der Waals surface area contributed by atoms with Gasteiger partial charge in [-0.05, 0) is 30.2 Å². The molecule has 0 atom stereocenters. The van der Waals surface area contributed by atoms with E-state index in [2.05, 4.69) is 0 Å². The number of hydrogen-bond donors (Lipinski definition) is 3. The number of para-hydroxylation sites is 1. The van der Waals surface area contributed by atoms with Crippen LogP contribution in [0.25, 0.3) is 0 Å². The first kappa shape index (κ1) is 15.3. The van der Waals surface area contributed by atoms with Gasteiger partial charge in [0.15, 0.2) is 0 Å². The highest BCUT2D eigenvalue weighted by Crippen LogP contribution is 2.29. The minimum Gasteiger partial charge on any atom is -0.457 e. The van der Waals surface area contributed by atoms with Crippen molar-refractivity contribution in [2.75, 3.05) is 12.3 Å². The van der Waals surface area contributed by atoms with Gasteiger partial charge < -0.3 is 15.6 Å². The summed E-state index contributed by atoms with van der Waals surface area (Å²) in [6.45, 7) is 0.00681. The molecule has 0 radical (unpaired) electrons. The van der Waals surface area contributed by atoms with Gasteiger partial charge in [-0.25, -0.2) is 13.6 Å². The Balaban J connectivity index is 2.31. The van der Waals surface area contributed by atoms with Gasteiger partial charge in [0.25, 0.3) is 0 Å². The van der Waals surface area contributed by atoms with Gasteiger partial charge in [-0.15, -0.1) is 0 Å². The van der Waals surface area contributed by atoms with Crippen molar-refractivity contribution in [3.8, 4) is 11.5 Å². The van der Waals surface area contributed by atoms with E-state index in [1.165, 1.54) is 18.2 Å².